The lowest BCUT2D eigenvalue weighted by Gasteiger charge is -2.42. The number of piperidine rings is 1. The number of furan rings is 1. The van der Waals surface area contributed by atoms with Crippen LogP contribution in [0, 0.1) is 5.41 Å². The molecule has 3 atom stereocenters. The van der Waals surface area contributed by atoms with Crippen LogP contribution >= 0.6 is 0 Å². The Labute approximate surface area is 326 Å². The molecule has 0 unspecified atom stereocenters. The van der Waals surface area contributed by atoms with Gasteiger partial charge in [0, 0.05) is 57.8 Å². The minimum absolute atomic E-state index is 0.0191. The summed E-state index contributed by atoms with van der Waals surface area (Å²) in [5, 5.41) is 14.2. The van der Waals surface area contributed by atoms with E-state index in [1.54, 1.807) is 41.3 Å². The molecular formula is C41H51N7O8. The zero-order chi connectivity index (χ0) is 39.8. The molecule has 0 radical (unpaired) electrons. The minimum atomic E-state index is -1.09. The van der Waals surface area contributed by atoms with E-state index >= 15 is 0 Å². The van der Waals surface area contributed by atoms with Crippen molar-refractivity contribution in [3.63, 3.8) is 0 Å². The highest BCUT2D eigenvalue weighted by Gasteiger charge is 2.44. The average molecular weight is 770 g/mol. The normalized spacial score (nSPS) is 22.2. The molecule has 6 amide bonds. The maximum atomic E-state index is 14.5. The van der Waals surface area contributed by atoms with Crippen LogP contribution in [0.3, 0.4) is 0 Å². The fraction of sp³-hybridized carbons (Fsp3) is 0.415. The molecule has 0 saturated carbocycles. The van der Waals surface area contributed by atoms with E-state index in [9.17, 15) is 28.8 Å². The molecule has 56 heavy (non-hydrogen) atoms. The van der Waals surface area contributed by atoms with Crippen molar-refractivity contribution in [2.75, 3.05) is 45.9 Å². The Morgan fingerprint density at radius 2 is 1.71 bits per heavy atom. The summed E-state index contributed by atoms with van der Waals surface area (Å²) >= 11 is 0. The average Bonchev–Trinajstić information content (AvgIpc) is 3.72. The lowest BCUT2D eigenvalue weighted by molar-refractivity contribution is -0.141. The van der Waals surface area contributed by atoms with Crippen molar-refractivity contribution in [3.8, 4) is 0 Å². The van der Waals surface area contributed by atoms with Gasteiger partial charge in [-0.1, -0.05) is 54.6 Å². The fourth-order valence-electron chi connectivity index (χ4n) is 6.97. The number of carbonyl (C=O) groups is 6. The van der Waals surface area contributed by atoms with Gasteiger partial charge in [0.2, 0.25) is 35.4 Å². The molecule has 1 fully saturated rings. The van der Waals surface area contributed by atoms with Crippen molar-refractivity contribution in [2.24, 2.45) is 11.1 Å². The number of amides is 6. The topological polar surface area (TPSA) is 214 Å². The van der Waals surface area contributed by atoms with Crippen LogP contribution < -0.4 is 32.3 Å². The Morgan fingerprint density at radius 3 is 2.48 bits per heavy atom. The number of hydrogen-bond acceptors (Lipinski definition) is 9. The van der Waals surface area contributed by atoms with Crippen LogP contribution in [0.5, 0.6) is 0 Å². The third kappa shape index (κ3) is 12.1. The monoisotopic (exact) mass is 769 g/mol. The quantitative estimate of drug-likeness (QED) is 0.160. The molecule has 15 nitrogen and oxygen atoms in total. The van der Waals surface area contributed by atoms with Crippen LogP contribution in [-0.4, -0.2) is 98.4 Å². The van der Waals surface area contributed by atoms with Crippen LogP contribution in [0.15, 0.2) is 89.6 Å². The van der Waals surface area contributed by atoms with Crippen molar-refractivity contribution >= 4 is 35.4 Å². The molecule has 3 heterocycles. The number of nitrogens with zero attached hydrogens (tertiary/aromatic N) is 1. The highest BCUT2D eigenvalue weighted by Crippen LogP contribution is 2.35. The summed E-state index contributed by atoms with van der Waals surface area (Å²) in [5.41, 5.74) is 6.56. The number of carbonyl (C=O) groups excluding carboxylic acids is 6. The van der Waals surface area contributed by atoms with Crippen molar-refractivity contribution in [1.29, 1.82) is 0 Å². The van der Waals surface area contributed by atoms with E-state index in [4.69, 9.17) is 14.9 Å². The predicted octanol–water partition coefficient (Wildman–Crippen LogP) is 0.670. The summed E-state index contributed by atoms with van der Waals surface area (Å²) in [4.78, 5) is 83.0. The first-order valence-electron chi connectivity index (χ1n) is 19.0. The molecule has 0 aliphatic carbocycles. The van der Waals surface area contributed by atoms with E-state index in [1.807, 2.05) is 30.3 Å². The van der Waals surface area contributed by atoms with Crippen LogP contribution in [0.2, 0.25) is 0 Å². The maximum Gasteiger partial charge on any atom is 0.246 e. The summed E-state index contributed by atoms with van der Waals surface area (Å²) in [5.74, 6) is -2.27. The summed E-state index contributed by atoms with van der Waals surface area (Å²) in [7, 11) is 0. The molecule has 7 N–H and O–H groups in total. The maximum absolute atomic E-state index is 14.5. The van der Waals surface area contributed by atoms with Crippen LogP contribution in [0.25, 0.3) is 0 Å². The molecule has 3 aromatic rings. The van der Waals surface area contributed by atoms with Gasteiger partial charge in [-0.15, -0.1) is 0 Å². The van der Waals surface area contributed by atoms with Gasteiger partial charge in [0.25, 0.3) is 0 Å². The van der Waals surface area contributed by atoms with Gasteiger partial charge in [-0.05, 0) is 54.5 Å². The fourth-order valence-corrected chi connectivity index (χ4v) is 6.97. The largest absolute Gasteiger partial charge is 0.469 e. The van der Waals surface area contributed by atoms with E-state index in [1.165, 1.54) is 6.26 Å². The Balaban J connectivity index is 1.43. The van der Waals surface area contributed by atoms with Crippen molar-refractivity contribution < 1.29 is 37.9 Å². The minimum Gasteiger partial charge on any atom is -0.469 e. The first-order chi connectivity index (χ1) is 27.2. The molecule has 5 rings (SSSR count). The summed E-state index contributed by atoms with van der Waals surface area (Å²) < 4.78 is 10.9. The zero-order valence-electron chi connectivity index (χ0n) is 31.4. The predicted molar refractivity (Wildman–Crippen MR) is 206 cm³/mol. The summed E-state index contributed by atoms with van der Waals surface area (Å²) in [6, 6.07) is 18.0. The lowest BCUT2D eigenvalue weighted by atomic mass is 9.74. The van der Waals surface area contributed by atoms with Gasteiger partial charge < -0.3 is 46.4 Å². The van der Waals surface area contributed by atoms with Gasteiger partial charge in [-0.3, -0.25) is 28.8 Å². The molecular weight excluding hydrogens is 718 g/mol. The van der Waals surface area contributed by atoms with Crippen LogP contribution in [-0.2, 0) is 59.3 Å². The number of hydrogen-bond donors (Lipinski definition) is 6. The molecule has 0 spiro atoms. The highest BCUT2D eigenvalue weighted by atomic mass is 16.5. The Kier molecular flexibility index (Phi) is 15.3. The first kappa shape index (κ1) is 41.4. The zero-order valence-corrected chi connectivity index (χ0v) is 31.4. The summed E-state index contributed by atoms with van der Waals surface area (Å²) in [6.07, 6.45) is 5.10. The molecule has 1 saturated heterocycles. The molecule has 2 aliphatic rings. The van der Waals surface area contributed by atoms with Gasteiger partial charge in [0.15, 0.2) is 0 Å². The SMILES string of the molecule is NCCOCCNC(=O)[C@@H]1CCNC(=O)/C=C/C(=O)N2CCC[C@@](Cc3ccccc3)(C2)C(=O)N[C@@H](Cc2ccco2)C(=O)NCc2ccccc2CC(=O)N1. The highest BCUT2D eigenvalue weighted by molar-refractivity contribution is 5.97. The van der Waals surface area contributed by atoms with Crippen molar-refractivity contribution in [3.05, 3.63) is 108 Å². The number of rotatable bonds is 10. The number of fused-ring (bicyclic) bond motifs is 3. The number of nitrogens with one attached hydrogen (secondary N) is 5. The standard InChI is InChI=1S/C41H51N7O8/c42-17-22-55-23-19-44-38(52)33-15-18-43-35(49)13-14-37(51)48-20-7-16-41(28-48,26-29-8-2-1-3-9-29)40(54)47-34(25-32-12-6-21-56-32)39(53)45-27-31-11-5-4-10-30(31)24-36(50)46-33/h1-6,8-14,21,33-34H,7,15-20,22-28,42H2,(H,43,49)(H,44,52)(H,45,53)(H,46,50)(H,47,54)/b14-13+/t33-,34-,41+/m0/s1. The van der Waals surface area contributed by atoms with Gasteiger partial charge in [-0.25, -0.2) is 0 Å². The van der Waals surface area contributed by atoms with E-state index in [0.29, 0.717) is 55.8 Å². The smallest absolute Gasteiger partial charge is 0.246 e. The van der Waals surface area contributed by atoms with E-state index in [0.717, 1.165) is 17.7 Å². The third-order valence-corrected chi connectivity index (χ3v) is 9.85. The summed E-state index contributed by atoms with van der Waals surface area (Å²) in [6.45, 7) is 1.60. The molecule has 2 aromatic carbocycles. The molecule has 1 aromatic heterocycles. The third-order valence-electron chi connectivity index (χ3n) is 9.85. The van der Waals surface area contributed by atoms with Crippen LogP contribution in [0.4, 0.5) is 0 Å². The molecule has 15 heteroatoms. The molecule has 2 aliphatic heterocycles. The van der Waals surface area contributed by atoms with Gasteiger partial charge >= 0.3 is 0 Å². The van der Waals surface area contributed by atoms with Gasteiger partial charge in [-0.2, -0.15) is 0 Å². The second-order valence-electron chi connectivity index (χ2n) is 14.0. The van der Waals surface area contributed by atoms with E-state index < -0.39 is 47.0 Å². The van der Waals surface area contributed by atoms with E-state index in [2.05, 4.69) is 26.6 Å². The Bertz CT molecular complexity index is 1830. The van der Waals surface area contributed by atoms with Crippen molar-refractivity contribution in [1.82, 2.24) is 31.5 Å². The van der Waals surface area contributed by atoms with E-state index in [-0.39, 0.29) is 58.0 Å². The number of ether oxygens (including phenoxy) is 1. The Morgan fingerprint density at radius 1 is 0.929 bits per heavy atom. The van der Waals surface area contributed by atoms with Gasteiger partial charge in [0.1, 0.15) is 17.8 Å². The van der Waals surface area contributed by atoms with Crippen LogP contribution in [0.1, 0.15) is 41.7 Å². The number of benzene rings is 2. The van der Waals surface area contributed by atoms with Gasteiger partial charge in [0.05, 0.1) is 31.3 Å². The lowest BCUT2D eigenvalue weighted by Crippen LogP contribution is -2.58. The second-order valence-corrected chi connectivity index (χ2v) is 14.0. The molecule has 298 valence electrons. The molecule has 2 bridgehead atoms. The number of nitrogens with two attached hydrogens (primary N) is 1. The van der Waals surface area contributed by atoms with Crippen molar-refractivity contribution in [2.45, 2.75) is 57.2 Å². The Hall–Kier alpha value is -5.80. The first-order valence-corrected chi connectivity index (χ1v) is 19.0. The second kappa shape index (κ2) is 20.8.